The first-order valence-electron chi connectivity index (χ1n) is 6.46. The summed E-state index contributed by atoms with van der Waals surface area (Å²) in [5.74, 6) is 0.170. The number of nitrogens with zero attached hydrogens (tertiary/aromatic N) is 2. The van der Waals surface area contributed by atoms with Crippen molar-refractivity contribution in [2.45, 2.75) is 39.2 Å². The third kappa shape index (κ3) is 3.26. The van der Waals surface area contributed by atoms with Gasteiger partial charge >= 0.3 is 0 Å². The van der Waals surface area contributed by atoms with Crippen molar-refractivity contribution >= 4 is 17.4 Å². The summed E-state index contributed by atoms with van der Waals surface area (Å²) in [5, 5.41) is 4.67. The second-order valence-corrected chi connectivity index (χ2v) is 4.83. The van der Waals surface area contributed by atoms with E-state index in [1.807, 2.05) is 16.9 Å². The lowest BCUT2D eigenvalue weighted by Crippen LogP contribution is -2.09. The van der Waals surface area contributed by atoms with Crippen molar-refractivity contribution in [2.75, 3.05) is 0 Å². The van der Waals surface area contributed by atoms with Crippen molar-refractivity contribution in [3.8, 4) is 0 Å². The number of furan rings is 1. The normalized spacial score (nSPS) is 11.2. The highest BCUT2D eigenvalue weighted by atomic mass is 35.5. The van der Waals surface area contributed by atoms with E-state index in [9.17, 15) is 4.79 Å². The molecular weight excluding hydrogens is 264 g/mol. The standard InChI is InChI=1S/C14H17ClN2O2/c1-3-11(4-2)17-8-7-10(16-17)9-12(18)13-5-6-14(15)19-13/h5-8,11H,3-4,9H2,1-2H3. The summed E-state index contributed by atoms with van der Waals surface area (Å²) in [4.78, 5) is 11.9. The first-order valence-corrected chi connectivity index (χ1v) is 6.84. The van der Waals surface area contributed by atoms with Crippen LogP contribution in [0.3, 0.4) is 0 Å². The number of hydrogen-bond donors (Lipinski definition) is 0. The van der Waals surface area contributed by atoms with E-state index in [4.69, 9.17) is 16.0 Å². The Balaban J connectivity index is 2.06. The minimum Gasteiger partial charge on any atom is -0.442 e. The Morgan fingerprint density at radius 1 is 1.37 bits per heavy atom. The Morgan fingerprint density at radius 3 is 2.68 bits per heavy atom. The first-order chi connectivity index (χ1) is 9.13. The highest BCUT2D eigenvalue weighted by Crippen LogP contribution is 2.17. The molecule has 2 aromatic heterocycles. The van der Waals surface area contributed by atoms with Gasteiger partial charge in [0.25, 0.3) is 0 Å². The molecule has 4 nitrogen and oxygen atoms in total. The lowest BCUT2D eigenvalue weighted by atomic mass is 10.2. The van der Waals surface area contributed by atoms with Crippen molar-refractivity contribution in [3.63, 3.8) is 0 Å². The van der Waals surface area contributed by atoms with Gasteiger partial charge in [0.2, 0.25) is 5.78 Å². The maximum atomic E-state index is 11.9. The van der Waals surface area contributed by atoms with Gasteiger partial charge in [-0.25, -0.2) is 0 Å². The Labute approximate surface area is 117 Å². The van der Waals surface area contributed by atoms with Crippen molar-refractivity contribution in [3.05, 3.63) is 41.1 Å². The summed E-state index contributed by atoms with van der Waals surface area (Å²) >= 11 is 5.65. The highest BCUT2D eigenvalue weighted by molar-refractivity contribution is 6.29. The molecule has 2 rings (SSSR count). The van der Waals surface area contributed by atoms with Crippen molar-refractivity contribution in [1.29, 1.82) is 0 Å². The molecule has 0 aliphatic heterocycles. The van der Waals surface area contributed by atoms with Crippen LogP contribution in [-0.2, 0) is 6.42 Å². The monoisotopic (exact) mass is 280 g/mol. The summed E-state index contributed by atoms with van der Waals surface area (Å²) < 4.78 is 7.02. The molecule has 0 saturated heterocycles. The van der Waals surface area contributed by atoms with E-state index in [2.05, 4.69) is 18.9 Å². The molecule has 0 N–H and O–H groups in total. The Kier molecular flexibility index (Phi) is 4.43. The summed E-state index contributed by atoms with van der Waals surface area (Å²) in [6.07, 6.45) is 4.21. The number of Topliss-reactive ketones (excluding diaryl/α,β-unsaturated/α-hetero) is 1. The van der Waals surface area contributed by atoms with Gasteiger partial charge in [0.15, 0.2) is 11.0 Å². The predicted octanol–water partition coefficient (Wildman–Crippen LogP) is 3.92. The van der Waals surface area contributed by atoms with Crippen LogP contribution in [0, 0.1) is 0 Å². The maximum absolute atomic E-state index is 11.9. The number of hydrogen-bond acceptors (Lipinski definition) is 3. The highest BCUT2D eigenvalue weighted by Gasteiger charge is 2.14. The number of carbonyl (C=O) groups excluding carboxylic acids is 1. The molecule has 0 atom stereocenters. The minimum atomic E-state index is -0.110. The number of carbonyl (C=O) groups is 1. The second kappa shape index (κ2) is 6.06. The molecule has 5 heteroatoms. The summed E-state index contributed by atoms with van der Waals surface area (Å²) in [7, 11) is 0. The molecule has 0 radical (unpaired) electrons. The summed E-state index contributed by atoms with van der Waals surface area (Å²) in [5.41, 5.74) is 0.754. The van der Waals surface area contributed by atoms with Crippen LogP contribution >= 0.6 is 11.6 Å². The van der Waals surface area contributed by atoms with Crippen LogP contribution in [0.4, 0.5) is 0 Å². The molecule has 0 amide bonds. The smallest absolute Gasteiger partial charge is 0.204 e. The van der Waals surface area contributed by atoms with Gasteiger partial charge in [-0.15, -0.1) is 0 Å². The number of halogens is 1. The molecule has 0 aliphatic rings. The number of ketones is 1. The fraction of sp³-hybridized carbons (Fsp3) is 0.429. The Morgan fingerprint density at radius 2 is 2.11 bits per heavy atom. The zero-order chi connectivity index (χ0) is 13.8. The van der Waals surface area contributed by atoms with Crippen LogP contribution in [0.15, 0.2) is 28.8 Å². The van der Waals surface area contributed by atoms with E-state index in [-0.39, 0.29) is 23.2 Å². The largest absolute Gasteiger partial charge is 0.442 e. The molecular formula is C14H17ClN2O2. The fourth-order valence-electron chi connectivity index (χ4n) is 2.05. The van der Waals surface area contributed by atoms with Gasteiger partial charge in [-0.1, -0.05) is 13.8 Å². The second-order valence-electron chi connectivity index (χ2n) is 4.46. The quantitative estimate of drug-likeness (QED) is 0.754. The van der Waals surface area contributed by atoms with Crippen molar-refractivity contribution < 1.29 is 9.21 Å². The summed E-state index contributed by atoms with van der Waals surface area (Å²) in [6, 6.07) is 5.42. The summed E-state index contributed by atoms with van der Waals surface area (Å²) in [6.45, 7) is 4.26. The van der Waals surface area contributed by atoms with E-state index in [1.165, 1.54) is 0 Å². The molecule has 2 aromatic rings. The average molecular weight is 281 g/mol. The van der Waals surface area contributed by atoms with E-state index in [1.54, 1.807) is 12.1 Å². The third-order valence-electron chi connectivity index (χ3n) is 3.17. The third-order valence-corrected chi connectivity index (χ3v) is 3.37. The average Bonchev–Trinajstić information content (AvgIpc) is 3.00. The SMILES string of the molecule is CCC(CC)n1ccc(CC(=O)c2ccc(Cl)o2)n1. The molecule has 0 bridgehead atoms. The molecule has 19 heavy (non-hydrogen) atoms. The predicted molar refractivity (Wildman–Crippen MR) is 73.6 cm³/mol. The van der Waals surface area contributed by atoms with Gasteiger partial charge in [-0.3, -0.25) is 9.48 Å². The van der Waals surface area contributed by atoms with Crippen LogP contribution in [0.5, 0.6) is 0 Å². The van der Waals surface area contributed by atoms with E-state index in [0.717, 1.165) is 18.5 Å². The Bertz CT molecular complexity index is 555. The van der Waals surface area contributed by atoms with Gasteiger partial charge in [0.05, 0.1) is 18.2 Å². The van der Waals surface area contributed by atoms with Gasteiger partial charge in [0.1, 0.15) is 0 Å². The van der Waals surface area contributed by atoms with Gasteiger partial charge in [-0.2, -0.15) is 5.10 Å². The lowest BCUT2D eigenvalue weighted by Gasteiger charge is -2.12. The Hall–Kier alpha value is -1.55. The number of aromatic nitrogens is 2. The topological polar surface area (TPSA) is 48.0 Å². The molecule has 0 aliphatic carbocycles. The van der Waals surface area contributed by atoms with Crippen LogP contribution in [-0.4, -0.2) is 15.6 Å². The molecule has 102 valence electrons. The van der Waals surface area contributed by atoms with Crippen LogP contribution in [0.1, 0.15) is 49.0 Å². The zero-order valence-electron chi connectivity index (χ0n) is 11.1. The zero-order valence-corrected chi connectivity index (χ0v) is 11.9. The number of rotatable bonds is 6. The molecule has 0 saturated carbocycles. The van der Waals surface area contributed by atoms with Gasteiger partial charge in [0, 0.05) is 6.20 Å². The first kappa shape index (κ1) is 13.9. The van der Waals surface area contributed by atoms with E-state index in [0.29, 0.717) is 6.04 Å². The van der Waals surface area contributed by atoms with E-state index < -0.39 is 0 Å². The lowest BCUT2D eigenvalue weighted by molar-refractivity contribution is 0.0965. The molecule has 2 heterocycles. The van der Waals surface area contributed by atoms with Gasteiger partial charge in [-0.05, 0) is 42.6 Å². The molecule has 0 spiro atoms. The van der Waals surface area contributed by atoms with E-state index >= 15 is 0 Å². The molecule has 0 aromatic carbocycles. The minimum absolute atomic E-state index is 0.110. The maximum Gasteiger partial charge on any atom is 0.204 e. The van der Waals surface area contributed by atoms with Crippen LogP contribution in [0.25, 0.3) is 0 Å². The van der Waals surface area contributed by atoms with Crippen LogP contribution in [0.2, 0.25) is 5.22 Å². The fourth-order valence-corrected chi connectivity index (χ4v) is 2.20. The molecule has 0 unspecified atom stereocenters. The van der Waals surface area contributed by atoms with Crippen molar-refractivity contribution in [1.82, 2.24) is 9.78 Å². The van der Waals surface area contributed by atoms with Crippen molar-refractivity contribution in [2.24, 2.45) is 0 Å². The van der Waals surface area contributed by atoms with Crippen LogP contribution < -0.4 is 0 Å². The van der Waals surface area contributed by atoms with Gasteiger partial charge < -0.3 is 4.42 Å². The molecule has 0 fully saturated rings.